The number of nitrogens with zero attached hydrogens (tertiary/aromatic N) is 2. The zero-order valence-electron chi connectivity index (χ0n) is 13.0. The summed E-state index contributed by atoms with van der Waals surface area (Å²) < 4.78 is 1.80. The van der Waals surface area contributed by atoms with Crippen molar-refractivity contribution in [3.63, 3.8) is 0 Å². The molecule has 0 aliphatic heterocycles. The lowest BCUT2D eigenvalue weighted by molar-refractivity contribution is 0.252. The van der Waals surface area contributed by atoms with Crippen molar-refractivity contribution in [1.29, 1.82) is 0 Å². The summed E-state index contributed by atoms with van der Waals surface area (Å²) in [5.74, 6) is 1.73. The van der Waals surface area contributed by atoms with Gasteiger partial charge >= 0.3 is 6.03 Å². The van der Waals surface area contributed by atoms with Gasteiger partial charge in [-0.3, -0.25) is 5.32 Å². The first-order valence-electron chi connectivity index (χ1n) is 7.87. The second-order valence-electron chi connectivity index (χ2n) is 5.77. The summed E-state index contributed by atoms with van der Waals surface area (Å²) in [6.45, 7) is 4.79. The van der Waals surface area contributed by atoms with Crippen molar-refractivity contribution in [2.75, 3.05) is 17.6 Å². The van der Waals surface area contributed by atoms with Crippen molar-refractivity contribution in [2.24, 2.45) is 0 Å². The van der Waals surface area contributed by atoms with Crippen molar-refractivity contribution < 1.29 is 4.79 Å². The highest BCUT2D eigenvalue weighted by Gasteiger charge is 2.13. The van der Waals surface area contributed by atoms with Crippen molar-refractivity contribution >= 4 is 23.6 Å². The number of hydrogen-bond donors (Lipinski definition) is 2. The number of anilines is 1. The monoisotopic (exact) mass is 310 g/mol. The Balaban J connectivity index is 1.64. The molecular formula is C15H26N4OS. The Labute approximate surface area is 131 Å². The first kappa shape index (κ1) is 16.2. The van der Waals surface area contributed by atoms with Crippen LogP contribution >= 0.6 is 11.8 Å². The third-order valence-electron chi connectivity index (χ3n) is 3.69. The van der Waals surface area contributed by atoms with Gasteiger partial charge in [0.1, 0.15) is 5.82 Å². The number of carbonyl (C=O) groups excluding carboxylic acids is 1. The summed E-state index contributed by atoms with van der Waals surface area (Å²) in [6.07, 6.45) is 8.50. The van der Waals surface area contributed by atoms with Gasteiger partial charge in [0.15, 0.2) is 0 Å². The SMILES string of the molecule is CC(C)n1nccc1NC(=O)NCCSC1CCCCC1. The predicted octanol–water partition coefficient (Wildman–Crippen LogP) is 3.65. The molecule has 1 aliphatic carbocycles. The van der Waals surface area contributed by atoms with Crippen molar-refractivity contribution in [3.05, 3.63) is 12.3 Å². The van der Waals surface area contributed by atoms with Gasteiger partial charge in [-0.05, 0) is 26.7 Å². The number of carbonyl (C=O) groups is 1. The van der Waals surface area contributed by atoms with Crippen LogP contribution in [0.5, 0.6) is 0 Å². The van der Waals surface area contributed by atoms with Crippen molar-refractivity contribution in [1.82, 2.24) is 15.1 Å². The van der Waals surface area contributed by atoms with Gasteiger partial charge in [0.05, 0.1) is 6.20 Å². The molecule has 2 rings (SSSR count). The fraction of sp³-hybridized carbons (Fsp3) is 0.733. The van der Waals surface area contributed by atoms with Crippen LogP contribution in [0.2, 0.25) is 0 Å². The summed E-state index contributed by atoms with van der Waals surface area (Å²) in [4.78, 5) is 11.9. The molecule has 1 aromatic rings. The standard InChI is InChI=1S/C15H26N4OS/c1-12(2)19-14(8-9-17-19)18-15(20)16-10-11-21-13-6-4-3-5-7-13/h8-9,12-13H,3-7,10-11H2,1-2H3,(H2,16,18,20). The fourth-order valence-corrected chi connectivity index (χ4v) is 3.83. The smallest absolute Gasteiger partial charge is 0.320 e. The third kappa shape index (κ3) is 5.26. The Morgan fingerprint density at radius 1 is 1.43 bits per heavy atom. The van der Waals surface area contributed by atoms with Gasteiger partial charge in [0, 0.05) is 29.7 Å². The molecule has 21 heavy (non-hydrogen) atoms. The lowest BCUT2D eigenvalue weighted by atomic mass is 10.0. The van der Waals surface area contributed by atoms with Gasteiger partial charge < -0.3 is 5.32 Å². The first-order chi connectivity index (χ1) is 10.2. The number of hydrogen-bond acceptors (Lipinski definition) is 3. The molecule has 1 aliphatic rings. The molecule has 2 amide bonds. The average molecular weight is 310 g/mol. The van der Waals surface area contributed by atoms with Gasteiger partial charge in [-0.15, -0.1) is 0 Å². The summed E-state index contributed by atoms with van der Waals surface area (Å²) in [6, 6.07) is 1.90. The van der Waals surface area contributed by atoms with Crippen molar-refractivity contribution in [2.45, 2.75) is 57.2 Å². The Hall–Kier alpha value is -1.17. The molecule has 2 N–H and O–H groups in total. The van der Waals surface area contributed by atoms with E-state index in [9.17, 15) is 4.79 Å². The highest BCUT2D eigenvalue weighted by molar-refractivity contribution is 7.99. The average Bonchev–Trinajstić information content (AvgIpc) is 2.93. The topological polar surface area (TPSA) is 59.0 Å². The molecule has 0 saturated heterocycles. The Morgan fingerprint density at radius 3 is 2.90 bits per heavy atom. The van der Waals surface area contributed by atoms with Crippen LogP contribution in [0.4, 0.5) is 10.6 Å². The summed E-state index contributed by atoms with van der Waals surface area (Å²) >= 11 is 2.00. The number of thioether (sulfide) groups is 1. The van der Waals surface area contributed by atoms with E-state index < -0.39 is 0 Å². The minimum absolute atomic E-state index is 0.151. The minimum Gasteiger partial charge on any atom is -0.337 e. The molecule has 0 bridgehead atoms. The molecule has 1 saturated carbocycles. The van der Waals surface area contributed by atoms with Gasteiger partial charge in [-0.1, -0.05) is 19.3 Å². The maximum atomic E-state index is 11.9. The van der Waals surface area contributed by atoms with Crippen molar-refractivity contribution in [3.8, 4) is 0 Å². The molecule has 0 aromatic carbocycles. The lowest BCUT2D eigenvalue weighted by Crippen LogP contribution is -2.32. The molecule has 1 heterocycles. The van der Waals surface area contributed by atoms with Crippen LogP contribution in [0.1, 0.15) is 52.0 Å². The first-order valence-corrected chi connectivity index (χ1v) is 8.91. The molecule has 1 fully saturated rings. The summed E-state index contributed by atoms with van der Waals surface area (Å²) in [5.41, 5.74) is 0. The Bertz CT molecular complexity index is 441. The molecule has 1 aromatic heterocycles. The van der Waals surface area contributed by atoms with E-state index in [0.29, 0.717) is 6.54 Å². The normalized spacial score (nSPS) is 16.1. The van der Waals surface area contributed by atoms with E-state index in [-0.39, 0.29) is 12.1 Å². The van der Waals surface area contributed by atoms with Crippen LogP contribution in [0.15, 0.2) is 12.3 Å². The van der Waals surface area contributed by atoms with Crippen LogP contribution < -0.4 is 10.6 Å². The van der Waals surface area contributed by atoms with E-state index in [0.717, 1.165) is 16.8 Å². The summed E-state index contributed by atoms with van der Waals surface area (Å²) in [7, 11) is 0. The molecule has 6 heteroatoms. The fourth-order valence-electron chi connectivity index (χ4n) is 2.61. The third-order valence-corrected chi connectivity index (χ3v) is 5.08. The lowest BCUT2D eigenvalue weighted by Gasteiger charge is -2.20. The largest absolute Gasteiger partial charge is 0.337 e. The van der Waals surface area contributed by atoms with E-state index in [1.165, 1.54) is 32.1 Å². The predicted molar refractivity (Wildman–Crippen MR) is 89.0 cm³/mol. The van der Waals surface area contributed by atoms with Gasteiger partial charge in [-0.25, -0.2) is 9.48 Å². The molecule has 5 nitrogen and oxygen atoms in total. The van der Waals surface area contributed by atoms with Crippen LogP contribution in [0, 0.1) is 0 Å². The quantitative estimate of drug-likeness (QED) is 0.788. The zero-order valence-corrected chi connectivity index (χ0v) is 13.8. The van der Waals surface area contributed by atoms with Gasteiger partial charge in [0.25, 0.3) is 0 Å². The van der Waals surface area contributed by atoms with Gasteiger partial charge in [0.2, 0.25) is 0 Å². The number of urea groups is 1. The molecule has 0 atom stereocenters. The molecule has 0 radical (unpaired) electrons. The van der Waals surface area contributed by atoms with Crippen LogP contribution in [-0.4, -0.2) is 33.4 Å². The second kappa shape index (κ2) is 8.32. The maximum Gasteiger partial charge on any atom is 0.320 e. The number of nitrogens with one attached hydrogen (secondary N) is 2. The maximum absolute atomic E-state index is 11.9. The molecule has 0 spiro atoms. The van der Waals surface area contributed by atoms with E-state index in [1.54, 1.807) is 10.9 Å². The van der Waals surface area contributed by atoms with Gasteiger partial charge in [-0.2, -0.15) is 16.9 Å². The molecule has 0 unspecified atom stereocenters. The number of amides is 2. The van der Waals surface area contributed by atoms with E-state index >= 15 is 0 Å². The van der Waals surface area contributed by atoms with E-state index in [2.05, 4.69) is 15.7 Å². The highest BCUT2D eigenvalue weighted by Crippen LogP contribution is 2.27. The van der Waals surface area contributed by atoms with Crippen LogP contribution in [-0.2, 0) is 0 Å². The summed E-state index contributed by atoms with van der Waals surface area (Å²) in [5, 5.41) is 10.8. The zero-order chi connectivity index (χ0) is 15.1. The van der Waals surface area contributed by atoms with E-state index in [1.807, 2.05) is 31.7 Å². The number of aromatic nitrogens is 2. The van der Waals surface area contributed by atoms with Crippen LogP contribution in [0.3, 0.4) is 0 Å². The Morgan fingerprint density at radius 2 is 2.19 bits per heavy atom. The number of rotatable bonds is 6. The Kier molecular flexibility index (Phi) is 6.42. The second-order valence-corrected chi connectivity index (χ2v) is 7.17. The van der Waals surface area contributed by atoms with E-state index in [4.69, 9.17) is 0 Å². The van der Waals surface area contributed by atoms with Crippen LogP contribution in [0.25, 0.3) is 0 Å². The minimum atomic E-state index is -0.151. The molecule has 118 valence electrons. The highest BCUT2D eigenvalue weighted by atomic mass is 32.2. The molecular weight excluding hydrogens is 284 g/mol.